The first-order valence-electron chi connectivity index (χ1n) is 11.2. The first kappa shape index (κ1) is 21.9. The second-order valence-electron chi connectivity index (χ2n) is 7.85. The monoisotopic (exact) mass is 434 g/mol. The van der Waals surface area contributed by atoms with Crippen LogP contribution in [0.25, 0.3) is 10.9 Å². The van der Waals surface area contributed by atoms with Gasteiger partial charge in [-0.3, -0.25) is 9.59 Å². The van der Waals surface area contributed by atoms with Gasteiger partial charge in [0.1, 0.15) is 12.2 Å². The number of rotatable bonds is 7. The Kier molecular flexibility index (Phi) is 6.75. The Bertz CT molecular complexity index is 1080. The fourth-order valence-corrected chi connectivity index (χ4v) is 4.17. The van der Waals surface area contributed by atoms with E-state index in [-0.39, 0.29) is 18.4 Å². The van der Waals surface area contributed by atoms with Gasteiger partial charge in [-0.25, -0.2) is 0 Å². The summed E-state index contributed by atoms with van der Waals surface area (Å²) in [5.74, 6) is -0.346. The number of nitrogens with zero attached hydrogens (tertiary/aromatic N) is 3. The molecule has 0 atom stereocenters. The molecule has 2 amide bonds. The van der Waals surface area contributed by atoms with Crippen LogP contribution in [0.4, 0.5) is 11.4 Å². The van der Waals surface area contributed by atoms with Crippen molar-refractivity contribution >= 4 is 34.1 Å². The lowest BCUT2D eigenvalue weighted by Gasteiger charge is -2.29. The van der Waals surface area contributed by atoms with Crippen molar-refractivity contribution < 1.29 is 14.3 Å². The van der Waals surface area contributed by atoms with Crippen LogP contribution in [0.5, 0.6) is 0 Å². The van der Waals surface area contributed by atoms with Gasteiger partial charge in [-0.2, -0.15) is 0 Å². The van der Waals surface area contributed by atoms with Gasteiger partial charge in [-0.15, -0.1) is 0 Å². The molecule has 7 nitrogen and oxygen atoms in total. The lowest BCUT2D eigenvalue weighted by Crippen LogP contribution is -2.38. The largest absolute Gasteiger partial charge is 0.378 e. The molecule has 2 aromatic carbocycles. The summed E-state index contributed by atoms with van der Waals surface area (Å²) in [6.07, 6.45) is 0. The minimum absolute atomic E-state index is 0.00574. The summed E-state index contributed by atoms with van der Waals surface area (Å²) in [6.45, 7) is 8.26. The number of ether oxygens (including phenoxy) is 1. The van der Waals surface area contributed by atoms with Crippen LogP contribution in [-0.4, -0.2) is 60.7 Å². The SMILES string of the molecule is CCN(CC(=O)Nc1ccc(N2CCOCC2)cc1)C(=O)c1cc2ccccc2n1CC. The van der Waals surface area contributed by atoms with Crippen molar-refractivity contribution in [1.82, 2.24) is 9.47 Å². The molecule has 0 spiro atoms. The number of hydrogen-bond acceptors (Lipinski definition) is 4. The molecule has 32 heavy (non-hydrogen) atoms. The highest BCUT2D eigenvalue weighted by atomic mass is 16.5. The number of morpholine rings is 1. The molecular formula is C25H30N4O3. The van der Waals surface area contributed by atoms with E-state index in [0.29, 0.717) is 18.8 Å². The van der Waals surface area contributed by atoms with Crippen molar-refractivity contribution in [2.45, 2.75) is 20.4 Å². The molecule has 1 aliphatic heterocycles. The van der Waals surface area contributed by atoms with Crippen molar-refractivity contribution in [3.63, 3.8) is 0 Å². The van der Waals surface area contributed by atoms with Crippen molar-refractivity contribution in [2.75, 3.05) is 49.6 Å². The average molecular weight is 435 g/mol. The van der Waals surface area contributed by atoms with Crippen LogP contribution in [0.2, 0.25) is 0 Å². The summed E-state index contributed by atoms with van der Waals surface area (Å²) in [6, 6.07) is 17.7. The van der Waals surface area contributed by atoms with E-state index in [1.54, 1.807) is 4.90 Å². The number of carbonyl (C=O) groups excluding carboxylic acids is 2. The summed E-state index contributed by atoms with van der Waals surface area (Å²) in [5.41, 5.74) is 3.47. The van der Waals surface area contributed by atoms with Gasteiger partial charge < -0.3 is 24.4 Å². The molecule has 2 heterocycles. The topological polar surface area (TPSA) is 66.8 Å². The molecule has 0 saturated carbocycles. The highest BCUT2D eigenvalue weighted by Gasteiger charge is 2.22. The number of aryl methyl sites for hydroxylation is 1. The van der Waals surface area contributed by atoms with Crippen LogP contribution in [-0.2, 0) is 16.1 Å². The van der Waals surface area contributed by atoms with Crippen molar-refractivity contribution in [2.24, 2.45) is 0 Å². The molecule has 168 valence electrons. The Balaban J connectivity index is 1.42. The summed E-state index contributed by atoms with van der Waals surface area (Å²) < 4.78 is 7.40. The van der Waals surface area contributed by atoms with E-state index < -0.39 is 0 Å². The van der Waals surface area contributed by atoms with Gasteiger partial charge in [-0.1, -0.05) is 18.2 Å². The minimum Gasteiger partial charge on any atom is -0.378 e. The van der Waals surface area contributed by atoms with E-state index in [1.807, 2.05) is 73.0 Å². The zero-order valence-corrected chi connectivity index (χ0v) is 18.7. The van der Waals surface area contributed by atoms with E-state index in [2.05, 4.69) is 10.2 Å². The first-order chi connectivity index (χ1) is 15.6. The Labute approximate surface area is 188 Å². The number of carbonyl (C=O) groups is 2. The van der Waals surface area contributed by atoms with Gasteiger partial charge in [-0.05, 0) is 50.2 Å². The summed E-state index contributed by atoms with van der Waals surface area (Å²) in [4.78, 5) is 29.8. The maximum Gasteiger partial charge on any atom is 0.270 e. The lowest BCUT2D eigenvalue weighted by molar-refractivity contribution is -0.116. The molecule has 0 unspecified atom stereocenters. The van der Waals surface area contributed by atoms with Gasteiger partial charge in [0.15, 0.2) is 0 Å². The van der Waals surface area contributed by atoms with E-state index in [1.165, 1.54) is 0 Å². The van der Waals surface area contributed by atoms with E-state index in [0.717, 1.165) is 48.6 Å². The van der Waals surface area contributed by atoms with Crippen LogP contribution < -0.4 is 10.2 Å². The van der Waals surface area contributed by atoms with Gasteiger partial charge in [0.2, 0.25) is 5.91 Å². The van der Waals surface area contributed by atoms with Crippen LogP contribution in [0.15, 0.2) is 54.6 Å². The molecule has 1 aromatic heterocycles. The number of para-hydroxylation sites is 1. The summed E-state index contributed by atoms with van der Waals surface area (Å²) in [7, 11) is 0. The van der Waals surface area contributed by atoms with E-state index >= 15 is 0 Å². The van der Waals surface area contributed by atoms with Crippen LogP contribution in [0.3, 0.4) is 0 Å². The quantitative estimate of drug-likeness (QED) is 0.617. The number of amides is 2. The van der Waals surface area contributed by atoms with Crippen LogP contribution >= 0.6 is 0 Å². The zero-order chi connectivity index (χ0) is 22.5. The predicted molar refractivity (Wildman–Crippen MR) is 127 cm³/mol. The van der Waals surface area contributed by atoms with Gasteiger partial charge in [0, 0.05) is 48.5 Å². The second kappa shape index (κ2) is 9.87. The maximum atomic E-state index is 13.2. The van der Waals surface area contributed by atoms with E-state index in [9.17, 15) is 9.59 Å². The molecule has 1 N–H and O–H groups in total. The minimum atomic E-state index is -0.210. The Morgan fingerprint density at radius 3 is 2.44 bits per heavy atom. The standard InChI is InChI=1S/C25H30N4O3/c1-3-27(25(31)23-17-19-7-5-6-8-22(19)29(23)4-2)18-24(30)26-20-9-11-21(12-10-20)28-13-15-32-16-14-28/h5-12,17H,3-4,13-16,18H2,1-2H3,(H,26,30). The van der Waals surface area contributed by atoms with Crippen molar-refractivity contribution in [1.29, 1.82) is 0 Å². The zero-order valence-electron chi connectivity index (χ0n) is 18.7. The molecule has 3 aromatic rings. The molecule has 0 bridgehead atoms. The molecule has 4 rings (SSSR count). The fourth-order valence-electron chi connectivity index (χ4n) is 4.17. The average Bonchev–Trinajstić information content (AvgIpc) is 3.22. The number of aromatic nitrogens is 1. The molecule has 1 saturated heterocycles. The first-order valence-corrected chi connectivity index (χ1v) is 11.2. The molecule has 1 fully saturated rings. The van der Waals surface area contributed by atoms with Gasteiger partial charge in [0.05, 0.1) is 13.2 Å². The summed E-state index contributed by atoms with van der Waals surface area (Å²) >= 11 is 0. The number of benzene rings is 2. The maximum absolute atomic E-state index is 13.2. The van der Waals surface area contributed by atoms with Crippen molar-refractivity contribution in [3.05, 3.63) is 60.3 Å². The molecule has 0 radical (unpaired) electrons. The highest BCUT2D eigenvalue weighted by molar-refractivity contribution is 6.01. The Hall–Kier alpha value is -3.32. The second-order valence-corrected chi connectivity index (χ2v) is 7.85. The lowest BCUT2D eigenvalue weighted by atomic mass is 10.2. The third-order valence-electron chi connectivity index (χ3n) is 5.88. The number of likely N-dealkylation sites (N-methyl/N-ethyl adjacent to an activating group) is 1. The molecule has 7 heteroatoms. The van der Waals surface area contributed by atoms with E-state index in [4.69, 9.17) is 4.74 Å². The van der Waals surface area contributed by atoms with Gasteiger partial charge >= 0.3 is 0 Å². The molecule has 1 aliphatic rings. The number of anilines is 2. The molecular weight excluding hydrogens is 404 g/mol. The van der Waals surface area contributed by atoms with Gasteiger partial charge in [0.25, 0.3) is 5.91 Å². The fraction of sp³-hybridized carbons (Fsp3) is 0.360. The highest BCUT2D eigenvalue weighted by Crippen LogP contribution is 2.22. The molecule has 0 aliphatic carbocycles. The third kappa shape index (κ3) is 4.62. The Morgan fingerprint density at radius 2 is 1.75 bits per heavy atom. The Morgan fingerprint density at radius 1 is 1.03 bits per heavy atom. The van der Waals surface area contributed by atoms with Crippen molar-refractivity contribution in [3.8, 4) is 0 Å². The van der Waals surface area contributed by atoms with Crippen LogP contribution in [0, 0.1) is 0 Å². The smallest absolute Gasteiger partial charge is 0.270 e. The number of hydrogen-bond donors (Lipinski definition) is 1. The number of fused-ring (bicyclic) bond motifs is 1. The van der Waals surface area contributed by atoms with Crippen LogP contribution in [0.1, 0.15) is 24.3 Å². The number of nitrogens with one attached hydrogen (secondary N) is 1. The third-order valence-corrected chi connectivity index (χ3v) is 5.88. The summed E-state index contributed by atoms with van der Waals surface area (Å²) in [5, 5.41) is 3.94. The normalized spacial score (nSPS) is 13.9. The predicted octanol–water partition coefficient (Wildman–Crippen LogP) is 3.60.